The molecule has 5 N–H and O–H groups in total. The van der Waals surface area contributed by atoms with Crippen LogP contribution in [0.15, 0.2) is 6.33 Å². The summed E-state index contributed by atoms with van der Waals surface area (Å²) in [5.41, 5.74) is 12.7. The molecule has 0 amide bonds. The third-order valence-corrected chi connectivity index (χ3v) is 3.63. The monoisotopic (exact) mass is 248 g/mol. The van der Waals surface area contributed by atoms with Crippen LogP contribution >= 0.6 is 0 Å². The van der Waals surface area contributed by atoms with Crippen molar-refractivity contribution >= 4 is 22.9 Å². The predicted octanol–water partition coefficient (Wildman–Crippen LogP) is 0.324. The van der Waals surface area contributed by atoms with Crippen molar-refractivity contribution in [2.24, 2.45) is 5.92 Å². The van der Waals surface area contributed by atoms with Gasteiger partial charge < -0.3 is 21.1 Å². The van der Waals surface area contributed by atoms with Gasteiger partial charge in [-0.1, -0.05) is 0 Å². The molecule has 0 bridgehead atoms. The summed E-state index contributed by atoms with van der Waals surface area (Å²) in [4.78, 5) is 12.4. The van der Waals surface area contributed by atoms with E-state index in [1.54, 1.807) is 6.33 Å². The van der Waals surface area contributed by atoms with Crippen LogP contribution in [0.5, 0.6) is 0 Å². The normalized spacial score (nSPS) is 23.8. The van der Waals surface area contributed by atoms with Crippen molar-refractivity contribution in [1.82, 2.24) is 19.5 Å². The summed E-state index contributed by atoms with van der Waals surface area (Å²) in [6.45, 7) is 0.238. The first kappa shape index (κ1) is 11.2. The van der Waals surface area contributed by atoms with E-state index in [0.29, 0.717) is 28.9 Å². The van der Waals surface area contributed by atoms with Gasteiger partial charge in [-0.15, -0.1) is 0 Å². The fourth-order valence-electron chi connectivity index (χ4n) is 2.69. The zero-order chi connectivity index (χ0) is 12.7. The second kappa shape index (κ2) is 4.09. The number of aromatic nitrogens is 4. The summed E-state index contributed by atoms with van der Waals surface area (Å²) in [5.74, 6) is 0.843. The molecule has 1 saturated carbocycles. The van der Waals surface area contributed by atoms with Crippen LogP contribution in [0.1, 0.15) is 25.3 Å². The SMILES string of the molecule is Nc1nc(N)c2ncn([C@@H]3CC[C@H](CO)C3)c2n1. The van der Waals surface area contributed by atoms with Gasteiger partial charge in [0, 0.05) is 12.6 Å². The number of imidazole rings is 1. The molecule has 2 heterocycles. The summed E-state index contributed by atoms with van der Waals surface area (Å²) >= 11 is 0. The Hall–Kier alpha value is -1.89. The second-order valence-electron chi connectivity index (χ2n) is 4.81. The second-order valence-corrected chi connectivity index (χ2v) is 4.81. The number of aliphatic hydroxyl groups is 1. The molecule has 1 fully saturated rings. The molecule has 0 unspecified atom stereocenters. The van der Waals surface area contributed by atoms with Crippen molar-refractivity contribution in [2.45, 2.75) is 25.3 Å². The first-order valence-corrected chi connectivity index (χ1v) is 6.05. The fraction of sp³-hybridized carbons (Fsp3) is 0.545. The number of aliphatic hydroxyl groups excluding tert-OH is 1. The minimum Gasteiger partial charge on any atom is -0.396 e. The molecule has 18 heavy (non-hydrogen) atoms. The molecule has 0 aliphatic heterocycles. The van der Waals surface area contributed by atoms with Crippen LogP contribution in [-0.4, -0.2) is 31.2 Å². The van der Waals surface area contributed by atoms with Crippen LogP contribution in [0.25, 0.3) is 11.2 Å². The van der Waals surface area contributed by atoms with E-state index in [4.69, 9.17) is 11.5 Å². The zero-order valence-corrected chi connectivity index (χ0v) is 9.95. The maximum Gasteiger partial charge on any atom is 0.224 e. The van der Waals surface area contributed by atoms with Gasteiger partial charge in [-0.25, -0.2) is 4.98 Å². The van der Waals surface area contributed by atoms with Gasteiger partial charge >= 0.3 is 0 Å². The summed E-state index contributed by atoms with van der Waals surface area (Å²) < 4.78 is 2.00. The Balaban J connectivity index is 2.03. The van der Waals surface area contributed by atoms with E-state index in [1.807, 2.05) is 4.57 Å². The van der Waals surface area contributed by atoms with E-state index in [9.17, 15) is 5.11 Å². The largest absolute Gasteiger partial charge is 0.396 e. The molecule has 0 radical (unpaired) electrons. The molecular formula is C11H16N6O. The number of nitrogens with zero attached hydrogens (tertiary/aromatic N) is 4. The van der Waals surface area contributed by atoms with Crippen molar-refractivity contribution in [1.29, 1.82) is 0 Å². The zero-order valence-electron chi connectivity index (χ0n) is 9.95. The Morgan fingerprint density at radius 2 is 2.17 bits per heavy atom. The third kappa shape index (κ3) is 1.67. The molecule has 7 heteroatoms. The highest BCUT2D eigenvalue weighted by atomic mass is 16.3. The predicted molar refractivity (Wildman–Crippen MR) is 67.6 cm³/mol. The van der Waals surface area contributed by atoms with Crippen LogP contribution in [0, 0.1) is 5.92 Å². The van der Waals surface area contributed by atoms with Gasteiger partial charge in [-0.05, 0) is 25.2 Å². The number of fused-ring (bicyclic) bond motifs is 1. The highest BCUT2D eigenvalue weighted by Gasteiger charge is 2.27. The molecule has 7 nitrogen and oxygen atoms in total. The fourth-order valence-corrected chi connectivity index (χ4v) is 2.69. The van der Waals surface area contributed by atoms with Crippen molar-refractivity contribution < 1.29 is 5.11 Å². The molecule has 2 atom stereocenters. The first-order chi connectivity index (χ1) is 8.69. The Bertz CT molecular complexity index is 580. The van der Waals surface area contributed by atoms with Gasteiger partial charge in [0.2, 0.25) is 5.95 Å². The van der Waals surface area contributed by atoms with Gasteiger partial charge in [-0.2, -0.15) is 9.97 Å². The molecule has 3 rings (SSSR count). The molecular weight excluding hydrogens is 232 g/mol. The number of rotatable bonds is 2. The van der Waals surface area contributed by atoms with Gasteiger partial charge in [0.25, 0.3) is 0 Å². The molecule has 2 aromatic rings. The molecule has 2 aromatic heterocycles. The lowest BCUT2D eigenvalue weighted by Crippen LogP contribution is -2.08. The van der Waals surface area contributed by atoms with E-state index < -0.39 is 0 Å². The molecule has 0 aromatic carbocycles. The quantitative estimate of drug-likeness (QED) is 0.705. The Morgan fingerprint density at radius 3 is 2.89 bits per heavy atom. The van der Waals surface area contributed by atoms with E-state index in [2.05, 4.69) is 15.0 Å². The summed E-state index contributed by atoms with van der Waals surface area (Å²) in [6, 6.07) is 0.306. The molecule has 0 spiro atoms. The van der Waals surface area contributed by atoms with Gasteiger partial charge in [-0.3, -0.25) is 0 Å². The molecule has 1 aliphatic rings. The molecule has 96 valence electrons. The smallest absolute Gasteiger partial charge is 0.224 e. The summed E-state index contributed by atoms with van der Waals surface area (Å²) in [5, 5.41) is 9.19. The standard InChI is InChI=1S/C11H16N6O/c12-9-8-10(16-11(13)15-9)17(5-14-8)7-2-1-6(3-7)4-18/h5-7,18H,1-4H2,(H4,12,13,15,16)/t6-,7+/m0/s1. The highest BCUT2D eigenvalue weighted by molar-refractivity contribution is 5.82. The topological polar surface area (TPSA) is 116 Å². The average molecular weight is 248 g/mol. The Kier molecular flexibility index (Phi) is 2.55. The highest BCUT2D eigenvalue weighted by Crippen LogP contribution is 2.36. The Morgan fingerprint density at radius 1 is 1.33 bits per heavy atom. The van der Waals surface area contributed by atoms with Crippen molar-refractivity contribution in [3.8, 4) is 0 Å². The number of nitrogens with two attached hydrogens (primary N) is 2. The third-order valence-electron chi connectivity index (χ3n) is 3.63. The van der Waals surface area contributed by atoms with Gasteiger partial charge in [0.1, 0.15) is 5.52 Å². The number of hydrogen-bond donors (Lipinski definition) is 3. The van der Waals surface area contributed by atoms with Crippen molar-refractivity contribution in [3.05, 3.63) is 6.33 Å². The first-order valence-electron chi connectivity index (χ1n) is 6.05. The lowest BCUT2D eigenvalue weighted by molar-refractivity contribution is 0.226. The summed E-state index contributed by atoms with van der Waals surface area (Å²) in [6.07, 6.45) is 4.71. The van der Waals surface area contributed by atoms with Crippen LogP contribution in [-0.2, 0) is 0 Å². The lowest BCUT2D eigenvalue weighted by Gasteiger charge is -2.12. The maximum atomic E-state index is 9.19. The number of anilines is 2. The van der Waals surface area contributed by atoms with E-state index >= 15 is 0 Å². The van der Waals surface area contributed by atoms with Crippen molar-refractivity contribution in [2.75, 3.05) is 18.1 Å². The van der Waals surface area contributed by atoms with Crippen LogP contribution < -0.4 is 11.5 Å². The number of hydrogen-bond acceptors (Lipinski definition) is 6. The van der Waals surface area contributed by atoms with E-state index in [1.165, 1.54) is 0 Å². The van der Waals surface area contributed by atoms with Gasteiger partial charge in [0.05, 0.1) is 6.33 Å². The average Bonchev–Trinajstić information content (AvgIpc) is 2.93. The minimum absolute atomic E-state index is 0.165. The van der Waals surface area contributed by atoms with E-state index in [-0.39, 0.29) is 12.6 Å². The van der Waals surface area contributed by atoms with Gasteiger partial charge in [0.15, 0.2) is 11.5 Å². The summed E-state index contributed by atoms with van der Waals surface area (Å²) in [7, 11) is 0. The van der Waals surface area contributed by atoms with Crippen LogP contribution in [0.3, 0.4) is 0 Å². The van der Waals surface area contributed by atoms with Crippen molar-refractivity contribution in [3.63, 3.8) is 0 Å². The van der Waals surface area contributed by atoms with E-state index in [0.717, 1.165) is 19.3 Å². The molecule has 1 aliphatic carbocycles. The Labute approximate surface area is 104 Å². The van der Waals surface area contributed by atoms with Crippen LogP contribution in [0.4, 0.5) is 11.8 Å². The number of nitrogen functional groups attached to an aromatic ring is 2. The minimum atomic E-state index is 0.165. The lowest BCUT2D eigenvalue weighted by atomic mass is 10.1. The van der Waals surface area contributed by atoms with Crippen LogP contribution in [0.2, 0.25) is 0 Å². The maximum absolute atomic E-state index is 9.19. The molecule has 0 saturated heterocycles.